The molecule has 0 bridgehead atoms. The number of hydrogen-bond donors (Lipinski definition) is 0. The number of pyridine rings is 1. The average molecular weight is 387 g/mol. The van der Waals surface area contributed by atoms with Crippen LogP contribution in [0, 0.1) is 6.92 Å². The Bertz CT molecular complexity index is 1280. The highest BCUT2D eigenvalue weighted by Crippen LogP contribution is 2.26. The molecule has 0 radical (unpaired) electrons. The fourth-order valence-corrected chi connectivity index (χ4v) is 3.89. The van der Waals surface area contributed by atoms with Crippen LogP contribution >= 0.6 is 0 Å². The van der Waals surface area contributed by atoms with E-state index in [0.717, 1.165) is 59.9 Å². The Hall–Kier alpha value is -3.55. The van der Waals surface area contributed by atoms with Crippen molar-refractivity contribution < 1.29 is 0 Å². The summed E-state index contributed by atoms with van der Waals surface area (Å²) in [6.07, 6.45) is 5.15. The Labute approximate surface area is 167 Å². The number of aryl methyl sites for hydroxylation is 2. The standard InChI is InChI=1S/C21H21N7O/c1-14-24-19-12-22-6-5-16(19)20(25-14)28-9-7-27(8-10-28)15-3-4-17-18(11-15)23-13-26(2)21(17)29/h3-6,11-13H,7-10H2,1-2H3. The number of nitrogens with zero attached hydrogens (tertiary/aromatic N) is 7. The first-order chi connectivity index (χ1) is 14.1. The van der Waals surface area contributed by atoms with Gasteiger partial charge >= 0.3 is 0 Å². The molecule has 1 saturated heterocycles. The summed E-state index contributed by atoms with van der Waals surface area (Å²) in [4.78, 5) is 34.7. The maximum atomic E-state index is 12.2. The van der Waals surface area contributed by atoms with Gasteiger partial charge in [0, 0.05) is 50.5 Å². The first-order valence-electron chi connectivity index (χ1n) is 9.64. The maximum absolute atomic E-state index is 12.2. The molecule has 8 heteroatoms. The summed E-state index contributed by atoms with van der Waals surface area (Å²) in [5.74, 6) is 1.73. The lowest BCUT2D eigenvalue weighted by Gasteiger charge is -2.37. The SMILES string of the molecule is Cc1nc(N2CCN(c3ccc4c(=O)n(C)cnc4c3)CC2)c2ccncc2n1. The lowest BCUT2D eigenvalue weighted by molar-refractivity contribution is 0.648. The number of aromatic nitrogens is 5. The summed E-state index contributed by atoms with van der Waals surface area (Å²) in [6.45, 7) is 5.36. The van der Waals surface area contributed by atoms with E-state index in [9.17, 15) is 4.79 Å². The van der Waals surface area contributed by atoms with Gasteiger partial charge in [-0.05, 0) is 31.2 Å². The maximum Gasteiger partial charge on any atom is 0.260 e. The number of piperazine rings is 1. The lowest BCUT2D eigenvalue weighted by Crippen LogP contribution is -2.47. The summed E-state index contributed by atoms with van der Waals surface area (Å²) >= 11 is 0. The molecule has 146 valence electrons. The number of rotatable bonds is 2. The molecule has 0 aliphatic carbocycles. The van der Waals surface area contributed by atoms with Gasteiger partial charge < -0.3 is 14.4 Å². The summed E-state index contributed by atoms with van der Waals surface area (Å²) in [7, 11) is 1.72. The molecule has 0 spiro atoms. The monoisotopic (exact) mass is 387 g/mol. The topological polar surface area (TPSA) is 80.0 Å². The van der Waals surface area contributed by atoms with Crippen LogP contribution < -0.4 is 15.4 Å². The Morgan fingerprint density at radius 3 is 2.55 bits per heavy atom. The highest BCUT2D eigenvalue weighted by molar-refractivity contribution is 5.89. The Morgan fingerprint density at radius 2 is 1.72 bits per heavy atom. The normalized spacial score (nSPS) is 14.7. The molecule has 0 N–H and O–H groups in total. The van der Waals surface area contributed by atoms with Gasteiger partial charge in [0.2, 0.25) is 0 Å². The van der Waals surface area contributed by atoms with Gasteiger partial charge in [0.25, 0.3) is 5.56 Å². The van der Waals surface area contributed by atoms with Crippen molar-refractivity contribution in [2.45, 2.75) is 6.92 Å². The lowest BCUT2D eigenvalue weighted by atomic mass is 10.2. The quantitative estimate of drug-likeness (QED) is 0.520. The summed E-state index contributed by atoms with van der Waals surface area (Å²) in [6, 6.07) is 7.87. The van der Waals surface area contributed by atoms with Gasteiger partial charge in [-0.1, -0.05) is 0 Å². The predicted molar refractivity (Wildman–Crippen MR) is 113 cm³/mol. The summed E-state index contributed by atoms with van der Waals surface area (Å²) < 4.78 is 1.50. The third kappa shape index (κ3) is 3.06. The van der Waals surface area contributed by atoms with Crippen LogP contribution in [-0.4, -0.2) is 50.7 Å². The molecule has 0 saturated carbocycles. The highest BCUT2D eigenvalue weighted by atomic mass is 16.1. The van der Waals surface area contributed by atoms with Gasteiger partial charge in [0.05, 0.1) is 28.9 Å². The van der Waals surface area contributed by atoms with Gasteiger partial charge in [-0.25, -0.2) is 15.0 Å². The third-order valence-corrected chi connectivity index (χ3v) is 5.44. The largest absolute Gasteiger partial charge is 0.368 e. The molecule has 0 unspecified atom stereocenters. The Morgan fingerprint density at radius 1 is 0.931 bits per heavy atom. The minimum absolute atomic E-state index is 0.0214. The number of benzene rings is 1. The van der Waals surface area contributed by atoms with Crippen molar-refractivity contribution in [3.05, 3.63) is 59.2 Å². The molecule has 1 aromatic carbocycles. The van der Waals surface area contributed by atoms with Crippen molar-refractivity contribution in [1.29, 1.82) is 0 Å². The van der Waals surface area contributed by atoms with Gasteiger partial charge in [-0.15, -0.1) is 0 Å². The second-order valence-electron chi connectivity index (χ2n) is 7.32. The zero-order chi connectivity index (χ0) is 20.0. The van der Waals surface area contributed by atoms with E-state index in [1.807, 2.05) is 31.2 Å². The van der Waals surface area contributed by atoms with E-state index in [4.69, 9.17) is 4.98 Å². The van der Waals surface area contributed by atoms with E-state index in [1.165, 1.54) is 4.57 Å². The van der Waals surface area contributed by atoms with Crippen molar-refractivity contribution in [1.82, 2.24) is 24.5 Å². The van der Waals surface area contributed by atoms with Gasteiger partial charge in [0.15, 0.2) is 0 Å². The molecular formula is C21H21N7O. The molecule has 1 aliphatic heterocycles. The molecule has 8 nitrogen and oxygen atoms in total. The van der Waals surface area contributed by atoms with Crippen molar-refractivity contribution in [2.75, 3.05) is 36.0 Å². The number of hydrogen-bond acceptors (Lipinski definition) is 7. The van der Waals surface area contributed by atoms with E-state index in [1.54, 1.807) is 25.8 Å². The van der Waals surface area contributed by atoms with E-state index in [0.29, 0.717) is 5.39 Å². The minimum atomic E-state index is -0.0214. The van der Waals surface area contributed by atoms with Gasteiger partial charge in [-0.3, -0.25) is 9.78 Å². The van der Waals surface area contributed by atoms with Crippen molar-refractivity contribution in [3.63, 3.8) is 0 Å². The third-order valence-electron chi connectivity index (χ3n) is 5.44. The van der Waals surface area contributed by atoms with E-state index >= 15 is 0 Å². The van der Waals surface area contributed by atoms with E-state index in [-0.39, 0.29) is 5.56 Å². The average Bonchev–Trinajstić information content (AvgIpc) is 2.75. The molecule has 0 amide bonds. The van der Waals surface area contributed by atoms with Crippen molar-refractivity contribution >= 4 is 33.3 Å². The molecule has 4 heterocycles. The molecule has 3 aromatic heterocycles. The van der Waals surface area contributed by atoms with E-state index < -0.39 is 0 Å². The Balaban J connectivity index is 1.40. The molecule has 1 aliphatic rings. The van der Waals surface area contributed by atoms with Crippen LogP contribution in [0.25, 0.3) is 21.8 Å². The second kappa shape index (κ2) is 6.80. The molecule has 4 aromatic rings. The fraction of sp³-hybridized carbons (Fsp3) is 0.286. The smallest absolute Gasteiger partial charge is 0.260 e. The zero-order valence-corrected chi connectivity index (χ0v) is 16.4. The zero-order valence-electron chi connectivity index (χ0n) is 16.4. The van der Waals surface area contributed by atoms with Crippen LogP contribution in [0.3, 0.4) is 0 Å². The molecular weight excluding hydrogens is 366 g/mol. The predicted octanol–water partition coefficient (Wildman–Crippen LogP) is 1.91. The molecule has 29 heavy (non-hydrogen) atoms. The second-order valence-corrected chi connectivity index (χ2v) is 7.32. The number of anilines is 2. The summed E-state index contributed by atoms with van der Waals surface area (Å²) in [5.41, 5.74) is 2.68. The number of fused-ring (bicyclic) bond motifs is 2. The molecule has 5 rings (SSSR count). The molecule has 1 fully saturated rings. The van der Waals surface area contributed by atoms with Crippen LogP contribution in [0.5, 0.6) is 0 Å². The van der Waals surface area contributed by atoms with Gasteiger partial charge in [0.1, 0.15) is 11.6 Å². The molecule has 0 atom stereocenters. The first-order valence-corrected chi connectivity index (χ1v) is 9.64. The first kappa shape index (κ1) is 17.5. The Kier molecular flexibility index (Phi) is 4.12. The van der Waals surface area contributed by atoms with Crippen molar-refractivity contribution in [2.24, 2.45) is 7.05 Å². The fourth-order valence-electron chi connectivity index (χ4n) is 3.89. The van der Waals surface area contributed by atoms with Crippen molar-refractivity contribution in [3.8, 4) is 0 Å². The van der Waals surface area contributed by atoms with Crippen LogP contribution in [0.2, 0.25) is 0 Å². The minimum Gasteiger partial charge on any atom is -0.368 e. The highest BCUT2D eigenvalue weighted by Gasteiger charge is 2.21. The summed E-state index contributed by atoms with van der Waals surface area (Å²) in [5, 5.41) is 1.68. The van der Waals surface area contributed by atoms with Gasteiger partial charge in [-0.2, -0.15) is 0 Å². The van der Waals surface area contributed by atoms with E-state index in [2.05, 4.69) is 24.8 Å². The van der Waals surface area contributed by atoms with Crippen LogP contribution in [-0.2, 0) is 7.05 Å². The van der Waals surface area contributed by atoms with Crippen LogP contribution in [0.4, 0.5) is 11.5 Å². The van der Waals surface area contributed by atoms with Crippen LogP contribution in [0.15, 0.2) is 47.8 Å². The van der Waals surface area contributed by atoms with Crippen LogP contribution in [0.1, 0.15) is 5.82 Å².